The molecule has 13 heteroatoms. The molecule has 0 aromatic heterocycles. The van der Waals surface area contributed by atoms with E-state index in [1.807, 2.05) is 26.0 Å². The Hall–Kier alpha value is -2.32. The molecule has 0 saturated carbocycles. The summed E-state index contributed by atoms with van der Waals surface area (Å²) in [7, 11) is 0. The monoisotopic (exact) mass is 680 g/mol. The SMILES string of the molecule is CC[C@H](C)[C@H](CO)N1C(=O)[C@H]2[C@@H]3C(=O)O[C@H](C)CNC(=O)CC/C=C\CN(CCN4CCOCC4)C(=O)[C@H]1[C@@]21C=C(Br)[C@@H]3O1. The van der Waals surface area contributed by atoms with E-state index < -0.39 is 53.6 Å². The molecule has 5 aliphatic rings. The third kappa shape index (κ3) is 6.22. The van der Waals surface area contributed by atoms with E-state index in [0.29, 0.717) is 43.6 Å². The number of hydrogen-bond donors (Lipinski definition) is 2. The second-order valence-corrected chi connectivity index (χ2v) is 13.4. The van der Waals surface area contributed by atoms with Crippen LogP contribution in [0.15, 0.2) is 22.7 Å². The minimum atomic E-state index is -1.41. The summed E-state index contributed by atoms with van der Waals surface area (Å²) >= 11 is 3.57. The van der Waals surface area contributed by atoms with Crippen LogP contribution in [0.5, 0.6) is 0 Å². The van der Waals surface area contributed by atoms with Gasteiger partial charge in [0.05, 0.1) is 38.3 Å². The third-order valence-corrected chi connectivity index (χ3v) is 10.4. The first-order valence-electron chi connectivity index (χ1n) is 15.8. The van der Waals surface area contributed by atoms with Gasteiger partial charge in [0.15, 0.2) is 0 Å². The summed E-state index contributed by atoms with van der Waals surface area (Å²) in [6, 6.07) is -1.74. The average Bonchev–Trinajstić information content (AvgIpc) is 3.61. The maximum absolute atomic E-state index is 14.8. The first-order valence-corrected chi connectivity index (χ1v) is 16.6. The number of halogens is 1. The van der Waals surface area contributed by atoms with E-state index in [-0.39, 0.29) is 43.8 Å². The number of carbonyl (C=O) groups is 4. The molecule has 5 rings (SSSR count). The number of rotatable bonds is 7. The number of allylic oxidation sites excluding steroid dienone is 1. The molecule has 3 saturated heterocycles. The van der Waals surface area contributed by atoms with Gasteiger partial charge in [0.1, 0.15) is 29.8 Å². The minimum absolute atomic E-state index is 0.118. The molecule has 2 N–H and O–H groups in total. The van der Waals surface area contributed by atoms with Gasteiger partial charge in [0.2, 0.25) is 17.7 Å². The van der Waals surface area contributed by atoms with Crippen molar-refractivity contribution in [3.63, 3.8) is 0 Å². The lowest BCUT2D eigenvalue weighted by atomic mass is 9.74. The molecule has 244 valence electrons. The van der Waals surface area contributed by atoms with Crippen LogP contribution in [0, 0.1) is 17.8 Å². The second-order valence-electron chi connectivity index (χ2n) is 12.5. The van der Waals surface area contributed by atoms with Crippen molar-refractivity contribution >= 4 is 39.6 Å². The summed E-state index contributed by atoms with van der Waals surface area (Å²) in [5.74, 6) is -3.59. The molecule has 44 heavy (non-hydrogen) atoms. The Morgan fingerprint density at radius 3 is 2.59 bits per heavy atom. The summed E-state index contributed by atoms with van der Waals surface area (Å²) in [5, 5.41) is 13.4. The summed E-state index contributed by atoms with van der Waals surface area (Å²) in [4.78, 5) is 61.0. The fraction of sp³-hybridized carbons (Fsp3) is 0.742. The number of likely N-dealkylation sites (tertiary alicyclic amines) is 1. The largest absolute Gasteiger partial charge is 0.460 e. The highest BCUT2D eigenvalue weighted by Crippen LogP contribution is 2.59. The molecule has 12 nitrogen and oxygen atoms in total. The molecule has 3 fully saturated rings. The molecule has 5 heterocycles. The predicted octanol–water partition coefficient (Wildman–Crippen LogP) is 0.825. The van der Waals surface area contributed by atoms with E-state index >= 15 is 0 Å². The highest BCUT2D eigenvalue weighted by Gasteiger charge is 2.75. The molecule has 0 radical (unpaired) electrons. The van der Waals surface area contributed by atoms with Crippen LogP contribution >= 0.6 is 15.9 Å². The first kappa shape index (κ1) is 33.1. The number of cyclic esters (lactones) is 1. The molecule has 1 spiro atoms. The van der Waals surface area contributed by atoms with Crippen molar-refractivity contribution in [2.75, 3.05) is 59.1 Å². The van der Waals surface area contributed by atoms with E-state index in [4.69, 9.17) is 14.2 Å². The zero-order chi connectivity index (χ0) is 31.6. The summed E-state index contributed by atoms with van der Waals surface area (Å²) in [6.45, 7) is 9.48. The predicted molar refractivity (Wildman–Crippen MR) is 163 cm³/mol. The number of morpholine rings is 1. The number of nitrogens with one attached hydrogen (secondary N) is 1. The molecular weight excluding hydrogens is 636 g/mol. The Kier molecular flexibility index (Phi) is 10.5. The first-order chi connectivity index (χ1) is 21.1. The van der Waals surface area contributed by atoms with Crippen LogP contribution in [0.1, 0.15) is 40.0 Å². The lowest BCUT2D eigenvalue weighted by Crippen LogP contribution is -2.60. The Labute approximate surface area is 267 Å². The van der Waals surface area contributed by atoms with Gasteiger partial charge in [-0.25, -0.2) is 0 Å². The highest BCUT2D eigenvalue weighted by atomic mass is 79.9. The van der Waals surface area contributed by atoms with Gasteiger partial charge in [-0.3, -0.25) is 24.1 Å². The van der Waals surface area contributed by atoms with E-state index in [2.05, 4.69) is 26.1 Å². The Morgan fingerprint density at radius 1 is 1.14 bits per heavy atom. The van der Waals surface area contributed by atoms with Crippen LogP contribution in [0.25, 0.3) is 0 Å². The second kappa shape index (κ2) is 14.0. The zero-order valence-electron chi connectivity index (χ0n) is 25.8. The minimum Gasteiger partial charge on any atom is -0.460 e. The Bertz CT molecular complexity index is 1180. The van der Waals surface area contributed by atoms with Gasteiger partial charge in [-0.2, -0.15) is 0 Å². The molecule has 8 atom stereocenters. The zero-order valence-corrected chi connectivity index (χ0v) is 27.4. The number of aliphatic hydroxyl groups excluding tert-OH is 1. The van der Waals surface area contributed by atoms with Crippen LogP contribution in [0.4, 0.5) is 0 Å². The number of esters is 1. The number of aliphatic hydroxyl groups is 1. The maximum Gasteiger partial charge on any atom is 0.313 e. The van der Waals surface area contributed by atoms with Crippen molar-refractivity contribution in [2.24, 2.45) is 17.8 Å². The number of hydrogen-bond acceptors (Lipinski definition) is 9. The van der Waals surface area contributed by atoms with E-state index in [1.165, 1.54) is 4.90 Å². The fourth-order valence-corrected chi connectivity index (χ4v) is 7.86. The Balaban J connectivity index is 1.57. The lowest BCUT2D eigenvalue weighted by Gasteiger charge is -2.40. The van der Waals surface area contributed by atoms with Gasteiger partial charge < -0.3 is 34.4 Å². The smallest absolute Gasteiger partial charge is 0.313 e. The van der Waals surface area contributed by atoms with Crippen LogP contribution in [-0.4, -0.2) is 132 Å². The van der Waals surface area contributed by atoms with Crippen LogP contribution in [-0.2, 0) is 33.4 Å². The normalized spacial score (nSPS) is 35.7. The molecular formula is C31H45BrN4O8. The molecule has 0 unspecified atom stereocenters. The van der Waals surface area contributed by atoms with Crippen LogP contribution in [0.3, 0.4) is 0 Å². The van der Waals surface area contributed by atoms with Crippen molar-refractivity contribution in [1.82, 2.24) is 20.0 Å². The Morgan fingerprint density at radius 2 is 1.89 bits per heavy atom. The number of amides is 3. The molecule has 5 aliphatic heterocycles. The van der Waals surface area contributed by atoms with Gasteiger partial charge in [0, 0.05) is 43.6 Å². The van der Waals surface area contributed by atoms with E-state index in [9.17, 15) is 24.3 Å². The van der Waals surface area contributed by atoms with E-state index in [1.54, 1.807) is 17.9 Å². The van der Waals surface area contributed by atoms with Crippen LogP contribution < -0.4 is 5.32 Å². The van der Waals surface area contributed by atoms with Crippen molar-refractivity contribution in [2.45, 2.75) is 69.9 Å². The maximum atomic E-state index is 14.8. The van der Waals surface area contributed by atoms with Gasteiger partial charge in [-0.15, -0.1) is 0 Å². The third-order valence-electron chi connectivity index (χ3n) is 9.75. The summed E-state index contributed by atoms with van der Waals surface area (Å²) < 4.78 is 18.4. The molecule has 0 aliphatic carbocycles. The topological polar surface area (TPSA) is 138 Å². The van der Waals surface area contributed by atoms with Crippen molar-refractivity contribution < 1.29 is 38.5 Å². The standard InChI is InChI=1S/C31H45BrN4O8/c1-4-19(2)22(18-37)36-27-29(40)35(11-10-34-12-14-42-15-13-34)9-7-5-6-8-23(38)33-17-20(3)43-30(41)24-25(28(36)39)31(27)16-21(32)26(24)44-31/h5,7,16,19-20,22,24-27,37H,4,6,8-15,17-18H2,1-3H3,(H,33,38)/b7-5-/t19-,20+,22-,24-,25+,26-,27-,31+/m0/s1. The molecule has 0 aromatic carbocycles. The lowest BCUT2D eigenvalue weighted by molar-refractivity contribution is -0.160. The van der Waals surface area contributed by atoms with Crippen LogP contribution in [0.2, 0.25) is 0 Å². The molecule has 3 amide bonds. The van der Waals surface area contributed by atoms with Crippen molar-refractivity contribution in [3.05, 3.63) is 22.7 Å². The van der Waals surface area contributed by atoms with E-state index in [0.717, 1.165) is 13.1 Å². The number of carbonyl (C=O) groups excluding carboxylic acids is 4. The van der Waals surface area contributed by atoms with Gasteiger partial charge >= 0.3 is 5.97 Å². The summed E-state index contributed by atoms with van der Waals surface area (Å²) in [5.41, 5.74) is -1.41. The van der Waals surface area contributed by atoms with Crippen molar-refractivity contribution in [1.29, 1.82) is 0 Å². The summed E-state index contributed by atoms with van der Waals surface area (Å²) in [6.07, 6.45) is 5.54. The highest BCUT2D eigenvalue weighted by molar-refractivity contribution is 9.11. The quantitative estimate of drug-likeness (QED) is 0.296. The fourth-order valence-electron chi connectivity index (χ4n) is 7.13. The van der Waals surface area contributed by atoms with Gasteiger partial charge in [-0.05, 0) is 25.3 Å². The van der Waals surface area contributed by atoms with Crippen molar-refractivity contribution in [3.8, 4) is 0 Å². The number of ether oxygens (including phenoxy) is 3. The number of fused-ring (bicyclic) bond motifs is 2. The molecule has 5 bridgehead atoms. The van der Waals surface area contributed by atoms with Gasteiger partial charge in [-0.1, -0.05) is 48.4 Å². The average molecular weight is 682 g/mol. The molecule has 0 aromatic rings. The van der Waals surface area contributed by atoms with Gasteiger partial charge in [0.25, 0.3) is 0 Å². The number of nitrogens with zero attached hydrogens (tertiary/aromatic N) is 3.